The Morgan fingerprint density at radius 1 is 0.647 bits per heavy atom. The molecule has 0 aliphatic rings. The van der Waals surface area contributed by atoms with E-state index in [4.69, 9.17) is 9.97 Å². The molecule has 0 bridgehead atoms. The molecule has 0 unspecified atom stereocenters. The third-order valence-electron chi connectivity index (χ3n) is 6.58. The molecule has 0 aliphatic heterocycles. The Kier molecular flexibility index (Phi) is 3.91. The van der Waals surface area contributed by atoms with Crippen LogP contribution in [0, 0.1) is 13.8 Å². The van der Waals surface area contributed by atoms with E-state index < -0.39 is 0 Å². The van der Waals surface area contributed by atoms with Crippen molar-refractivity contribution in [2.24, 2.45) is 0 Å². The summed E-state index contributed by atoms with van der Waals surface area (Å²) in [6.45, 7) is 3.97. The number of nitrogens with zero attached hydrogens (tertiary/aromatic N) is 3. The van der Waals surface area contributed by atoms with Gasteiger partial charge in [-0.1, -0.05) is 48.5 Å². The molecule has 0 spiro atoms. The summed E-state index contributed by atoms with van der Waals surface area (Å²) in [6, 6.07) is 25.7. The lowest BCUT2D eigenvalue weighted by Gasteiger charge is -2.09. The number of hydrogen-bond donors (Lipinski definition) is 2. The van der Waals surface area contributed by atoms with E-state index in [0.29, 0.717) is 0 Å². The van der Waals surface area contributed by atoms with Crippen molar-refractivity contribution in [3.8, 4) is 22.5 Å². The van der Waals surface area contributed by atoms with Crippen LogP contribution in [0.4, 0.5) is 0 Å². The molecule has 162 valence electrons. The molecular formula is C29H21N5. The molecule has 3 aromatic heterocycles. The van der Waals surface area contributed by atoms with Gasteiger partial charge in [0, 0.05) is 27.3 Å². The van der Waals surface area contributed by atoms with E-state index in [9.17, 15) is 0 Å². The van der Waals surface area contributed by atoms with Crippen LogP contribution in [0.2, 0.25) is 0 Å². The van der Waals surface area contributed by atoms with E-state index in [-0.39, 0.29) is 0 Å². The van der Waals surface area contributed by atoms with Crippen LogP contribution < -0.4 is 0 Å². The molecule has 0 saturated carbocycles. The molecule has 0 radical (unpaired) electrons. The van der Waals surface area contributed by atoms with Crippen molar-refractivity contribution in [2.45, 2.75) is 13.8 Å². The number of imidazole rings is 2. The van der Waals surface area contributed by atoms with E-state index in [1.807, 2.05) is 20.0 Å². The summed E-state index contributed by atoms with van der Waals surface area (Å²) in [5, 5.41) is 5.86. The van der Waals surface area contributed by atoms with Gasteiger partial charge in [-0.05, 0) is 48.9 Å². The number of fused-ring (bicyclic) bond motifs is 7. The number of pyridine rings is 1. The lowest BCUT2D eigenvalue weighted by atomic mass is 9.97. The third kappa shape index (κ3) is 2.83. The lowest BCUT2D eigenvalue weighted by Crippen LogP contribution is -1.88. The van der Waals surface area contributed by atoms with E-state index in [1.54, 1.807) is 0 Å². The Hall–Kier alpha value is -4.51. The van der Waals surface area contributed by atoms with Gasteiger partial charge in [-0.15, -0.1) is 0 Å². The lowest BCUT2D eigenvalue weighted by molar-refractivity contribution is 1.15. The number of aryl methyl sites for hydroxylation is 2. The minimum atomic E-state index is 0.912. The summed E-state index contributed by atoms with van der Waals surface area (Å²) < 4.78 is 0. The normalized spacial score (nSPS) is 11.8. The predicted octanol–water partition coefficient (Wildman–Crippen LogP) is 7.09. The first-order valence-electron chi connectivity index (χ1n) is 11.4. The summed E-state index contributed by atoms with van der Waals surface area (Å²) in [5.74, 6) is 1.84. The highest BCUT2D eigenvalue weighted by atomic mass is 14.9. The first-order chi connectivity index (χ1) is 16.6. The van der Waals surface area contributed by atoms with Gasteiger partial charge in [-0.25, -0.2) is 15.0 Å². The van der Waals surface area contributed by atoms with Gasteiger partial charge in [0.25, 0.3) is 0 Å². The zero-order valence-corrected chi connectivity index (χ0v) is 18.8. The minimum Gasteiger partial charge on any atom is -0.342 e. The quantitative estimate of drug-likeness (QED) is 0.283. The van der Waals surface area contributed by atoms with Gasteiger partial charge >= 0.3 is 0 Å². The van der Waals surface area contributed by atoms with Crippen molar-refractivity contribution >= 4 is 43.5 Å². The summed E-state index contributed by atoms with van der Waals surface area (Å²) in [7, 11) is 0. The molecule has 34 heavy (non-hydrogen) atoms. The Balaban J connectivity index is 1.40. The number of aromatic amines is 2. The molecule has 0 atom stereocenters. The Bertz CT molecular complexity index is 1890. The Labute approximate surface area is 195 Å². The van der Waals surface area contributed by atoms with Crippen molar-refractivity contribution in [1.82, 2.24) is 24.9 Å². The average molecular weight is 440 g/mol. The summed E-state index contributed by atoms with van der Waals surface area (Å²) >= 11 is 0. The largest absolute Gasteiger partial charge is 0.342 e. The molecule has 0 amide bonds. The fourth-order valence-electron chi connectivity index (χ4n) is 4.97. The van der Waals surface area contributed by atoms with E-state index in [2.05, 4.69) is 87.7 Å². The van der Waals surface area contributed by atoms with Gasteiger partial charge in [0.15, 0.2) is 0 Å². The zero-order chi connectivity index (χ0) is 22.8. The smallest absolute Gasteiger partial charge is 0.104 e. The molecule has 4 aromatic carbocycles. The molecule has 7 aromatic rings. The van der Waals surface area contributed by atoms with Crippen molar-refractivity contribution in [3.05, 3.63) is 90.6 Å². The maximum absolute atomic E-state index is 4.99. The zero-order valence-electron chi connectivity index (χ0n) is 18.8. The number of aromatic nitrogens is 5. The predicted molar refractivity (Wildman–Crippen MR) is 139 cm³/mol. The van der Waals surface area contributed by atoms with Gasteiger partial charge in [0.2, 0.25) is 0 Å². The van der Waals surface area contributed by atoms with Crippen LogP contribution >= 0.6 is 0 Å². The van der Waals surface area contributed by atoms with Crippen LogP contribution in [-0.4, -0.2) is 24.9 Å². The monoisotopic (exact) mass is 439 g/mol. The SMILES string of the molecule is Cc1ncc(-c2ccc3nc(-c4ccc5c(c4)c4ccccc4c4nc(C)[nH]c54)ccc3c2)[nH]1. The standard InChI is InChI=1S/C29H21N5/c1-16-30-15-27(31-16)19-9-12-25-18(13-19)8-11-26(34-25)20-7-10-23-24(14-20)21-5-3-4-6-22(21)28-29(23)33-17(2)32-28/h3-15H,1-2H3,(H,30,31)(H,32,33). The third-order valence-corrected chi connectivity index (χ3v) is 6.58. The summed E-state index contributed by atoms with van der Waals surface area (Å²) in [6.07, 6.45) is 1.87. The number of rotatable bonds is 2. The molecule has 2 N–H and O–H groups in total. The van der Waals surface area contributed by atoms with Crippen LogP contribution in [0.25, 0.3) is 66.0 Å². The highest BCUT2D eigenvalue weighted by Gasteiger charge is 2.13. The second-order valence-corrected chi connectivity index (χ2v) is 8.84. The van der Waals surface area contributed by atoms with E-state index in [0.717, 1.165) is 56.1 Å². The van der Waals surface area contributed by atoms with E-state index >= 15 is 0 Å². The van der Waals surface area contributed by atoms with Crippen molar-refractivity contribution in [3.63, 3.8) is 0 Å². The van der Waals surface area contributed by atoms with Gasteiger partial charge in [0.1, 0.15) is 11.6 Å². The van der Waals surface area contributed by atoms with Crippen LogP contribution in [0.15, 0.2) is 79.0 Å². The van der Waals surface area contributed by atoms with Gasteiger partial charge in [-0.2, -0.15) is 0 Å². The summed E-state index contributed by atoms with van der Waals surface area (Å²) in [5.41, 5.74) is 7.28. The Morgan fingerprint density at radius 2 is 1.50 bits per heavy atom. The van der Waals surface area contributed by atoms with Crippen LogP contribution in [0.3, 0.4) is 0 Å². The Morgan fingerprint density at radius 3 is 2.35 bits per heavy atom. The first kappa shape index (κ1) is 19.0. The maximum Gasteiger partial charge on any atom is 0.104 e. The molecular weight excluding hydrogens is 418 g/mol. The molecule has 5 heteroatoms. The summed E-state index contributed by atoms with van der Waals surface area (Å²) in [4.78, 5) is 20.8. The highest BCUT2D eigenvalue weighted by Crippen LogP contribution is 2.36. The fraction of sp³-hybridized carbons (Fsp3) is 0.0690. The minimum absolute atomic E-state index is 0.912. The molecule has 0 fully saturated rings. The van der Waals surface area contributed by atoms with Crippen LogP contribution in [0.5, 0.6) is 0 Å². The van der Waals surface area contributed by atoms with E-state index in [1.165, 1.54) is 21.5 Å². The first-order valence-corrected chi connectivity index (χ1v) is 11.4. The average Bonchev–Trinajstić information content (AvgIpc) is 3.49. The molecule has 5 nitrogen and oxygen atoms in total. The molecule has 7 rings (SSSR count). The number of hydrogen-bond acceptors (Lipinski definition) is 3. The highest BCUT2D eigenvalue weighted by molar-refractivity contribution is 6.23. The molecule has 0 aliphatic carbocycles. The van der Waals surface area contributed by atoms with Crippen molar-refractivity contribution in [1.29, 1.82) is 0 Å². The van der Waals surface area contributed by atoms with Crippen LogP contribution in [0.1, 0.15) is 11.6 Å². The molecule has 0 saturated heterocycles. The van der Waals surface area contributed by atoms with Crippen molar-refractivity contribution in [2.75, 3.05) is 0 Å². The van der Waals surface area contributed by atoms with Gasteiger partial charge in [0.05, 0.1) is 34.1 Å². The number of H-pyrrole nitrogens is 2. The number of nitrogens with one attached hydrogen (secondary N) is 2. The topological polar surface area (TPSA) is 70.2 Å². The van der Waals surface area contributed by atoms with Crippen molar-refractivity contribution < 1.29 is 0 Å². The van der Waals surface area contributed by atoms with Gasteiger partial charge < -0.3 is 9.97 Å². The fourth-order valence-corrected chi connectivity index (χ4v) is 4.97. The second-order valence-electron chi connectivity index (χ2n) is 8.84. The number of benzene rings is 4. The molecule has 3 heterocycles. The maximum atomic E-state index is 4.99. The van der Waals surface area contributed by atoms with Crippen LogP contribution in [-0.2, 0) is 0 Å². The second kappa shape index (κ2) is 6.99. The van der Waals surface area contributed by atoms with Gasteiger partial charge in [-0.3, -0.25) is 0 Å².